The molecule has 1 amide bonds. The van der Waals surface area contributed by atoms with Gasteiger partial charge in [-0.25, -0.2) is 4.79 Å². The number of aryl methyl sites for hydroxylation is 1. The summed E-state index contributed by atoms with van der Waals surface area (Å²) in [6.07, 6.45) is 1.50. The van der Waals surface area contributed by atoms with E-state index in [-0.39, 0.29) is 5.57 Å². The molecule has 0 atom stereocenters. The van der Waals surface area contributed by atoms with Gasteiger partial charge in [0.15, 0.2) is 6.61 Å². The highest BCUT2D eigenvalue weighted by molar-refractivity contribution is 6.00. The third-order valence-corrected chi connectivity index (χ3v) is 4.51. The van der Waals surface area contributed by atoms with Crippen LogP contribution in [0.25, 0.3) is 6.08 Å². The van der Waals surface area contributed by atoms with E-state index in [9.17, 15) is 14.9 Å². The zero-order valence-corrected chi connectivity index (χ0v) is 18.0. The smallest absolute Gasteiger partial charge is 0.349 e. The van der Waals surface area contributed by atoms with Crippen LogP contribution in [-0.4, -0.2) is 30.2 Å². The van der Waals surface area contributed by atoms with Gasteiger partial charge in [-0.3, -0.25) is 4.79 Å². The van der Waals surface area contributed by atoms with Crippen LogP contribution < -0.4 is 10.1 Å². The van der Waals surface area contributed by atoms with Gasteiger partial charge in [-0.15, -0.1) is 0 Å². The summed E-state index contributed by atoms with van der Waals surface area (Å²) >= 11 is 0. The first-order chi connectivity index (χ1) is 14.2. The normalized spacial score (nSPS) is 11.2. The highest BCUT2D eigenvalue weighted by atomic mass is 16.5. The molecule has 1 N–H and O–H groups in total. The lowest BCUT2D eigenvalue weighted by atomic mass is 10.1. The van der Waals surface area contributed by atoms with E-state index in [4.69, 9.17) is 9.47 Å². The maximum absolute atomic E-state index is 12.3. The molecule has 0 spiro atoms. The Morgan fingerprint density at radius 1 is 1.23 bits per heavy atom. The van der Waals surface area contributed by atoms with Crippen molar-refractivity contribution >= 4 is 23.6 Å². The number of carbonyl (C=O) groups is 2. The summed E-state index contributed by atoms with van der Waals surface area (Å²) in [4.78, 5) is 24.3. The van der Waals surface area contributed by atoms with Crippen LogP contribution in [-0.2, 0) is 20.9 Å². The van der Waals surface area contributed by atoms with E-state index in [2.05, 4.69) is 23.7 Å². The predicted octanol–water partition coefficient (Wildman–Crippen LogP) is 3.86. The second kappa shape index (κ2) is 10.3. The summed E-state index contributed by atoms with van der Waals surface area (Å²) in [6.45, 7) is 8.55. The van der Waals surface area contributed by atoms with Crippen molar-refractivity contribution in [3.05, 3.63) is 52.9 Å². The first kappa shape index (κ1) is 22.8. The lowest BCUT2D eigenvalue weighted by Crippen LogP contribution is -2.21. The number of esters is 1. The van der Waals surface area contributed by atoms with Crippen molar-refractivity contribution in [2.24, 2.45) is 5.92 Å². The van der Waals surface area contributed by atoms with Crippen LogP contribution in [0.1, 0.15) is 30.8 Å². The molecule has 0 saturated heterocycles. The van der Waals surface area contributed by atoms with Crippen molar-refractivity contribution in [3.63, 3.8) is 0 Å². The zero-order valence-electron chi connectivity index (χ0n) is 18.0. The van der Waals surface area contributed by atoms with E-state index in [0.717, 1.165) is 23.5 Å². The number of nitrogens with zero attached hydrogens (tertiary/aromatic N) is 2. The molecule has 0 aliphatic heterocycles. The van der Waals surface area contributed by atoms with Crippen LogP contribution in [0.3, 0.4) is 0 Å². The Morgan fingerprint density at radius 3 is 2.47 bits per heavy atom. The Labute approximate surface area is 176 Å². The Morgan fingerprint density at radius 2 is 1.90 bits per heavy atom. The first-order valence-electron chi connectivity index (χ1n) is 9.64. The highest BCUT2D eigenvalue weighted by Gasteiger charge is 2.16. The summed E-state index contributed by atoms with van der Waals surface area (Å²) in [6, 6.07) is 10.5. The summed E-state index contributed by atoms with van der Waals surface area (Å²) in [5, 5.41) is 12.0. The number of benzene rings is 1. The fourth-order valence-corrected chi connectivity index (χ4v) is 2.99. The van der Waals surface area contributed by atoms with Gasteiger partial charge in [0.2, 0.25) is 0 Å². The maximum Gasteiger partial charge on any atom is 0.349 e. The molecule has 158 valence electrons. The summed E-state index contributed by atoms with van der Waals surface area (Å²) in [5.74, 6) is -0.204. The molecule has 7 nitrogen and oxygen atoms in total. The van der Waals surface area contributed by atoms with Crippen LogP contribution in [0.4, 0.5) is 5.69 Å². The SMILES string of the molecule is COc1ccc(NC(=O)COC(=O)/C(C#N)=C/c2cc(C)n(CC(C)C)c2C)cc1. The maximum atomic E-state index is 12.3. The Bertz CT molecular complexity index is 979. The molecular weight excluding hydrogens is 382 g/mol. The number of nitriles is 1. The summed E-state index contributed by atoms with van der Waals surface area (Å²) in [7, 11) is 1.55. The largest absolute Gasteiger partial charge is 0.497 e. The van der Waals surface area contributed by atoms with Gasteiger partial charge in [-0.2, -0.15) is 5.26 Å². The van der Waals surface area contributed by atoms with Gasteiger partial charge in [-0.05, 0) is 61.7 Å². The molecule has 0 saturated carbocycles. The number of ether oxygens (including phenoxy) is 2. The number of nitrogens with one attached hydrogen (secondary N) is 1. The minimum atomic E-state index is -0.837. The molecule has 30 heavy (non-hydrogen) atoms. The Hall–Kier alpha value is -3.53. The van der Waals surface area contributed by atoms with Gasteiger partial charge in [0, 0.05) is 23.6 Å². The quantitative estimate of drug-likeness (QED) is 0.406. The monoisotopic (exact) mass is 409 g/mol. The minimum Gasteiger partial charge on any atom is -0.497 e. The fourth-order valence-electron chi connectivity index (χ4n) is 2.99. The van der Waals surface area contributed by atoms with Crippen molar-refractivity contribution < 1.29 is 19.1 Å². The number of hydrogen-bond acceptors (Lipinski definition) is 5. The first-order valence-corrected chi connectivity index (χ1v) is 9.64. The van der Waals surface area contributed by atoms with Gasteiger partial charge in [0.1, 0.15) is 17.4 Å². The molecule has 0 bridgehead atoms. The lowest BCUT2D eigenvalue weighted by molar-refractivity contribution is -0.142. The molecule has 1 aromatic carbocycles. The Balaban J connectivity index is 2.02. The van der Waals surface area contributed by atoms with E-state index in [0.29, 0.717) is 17.4 Å². The van der Waals surface area contributed by atoms with Crippen molar-refractivity contribution in [3.8, 4) is 11.8 Å². The van der Waals surface area contributed by atoms with Crippen LogP contribution in [0.2, 0.25) is 0 Å². The van der Waals surface area contributed by atoms with Gasteiger partial charge < -0.3 is 19.4 Å². The van der Waals surface area contributed by atoms with E-state index in [1.807, 2.05) is 26.0 Å². The standard InChI is InChI=1S/C23H27N3O4/c1-15(2)13-26-16(3)10-18(17(26)4)11-19(12-24)23(28)30-14-22(27)25-20-6-8-21(29-5)9-7-20/h6-11,15H,13-14H2,1-5H3,(H,25,27)/b19-11+. The van der Waals surface area contributed by atoms with Crippen LogP contribution >= 0.6 is 0 Å². The van der Waals surface area contributed by atoms with Crippen molar-refractivity contribution in [1.29, 1.82) is 5.26 Å². The van der Waals surface area contributed by atoms with Crippen molar-refractivity contribution in [2.75, 3.05) is 19.0 Å². The predicted molar refractivity (Wildman–Crippen MR) is 115 cm³/mol. The number of rotatable bonds is 8. The third kappa shape index (κ3) is 5.98. The number of aromatic nitrogens is 1. The molecule has 1 aromatic heterocycles. The van der Waals surface area contributed by atoms with E-state index in [1.54, 1.807) is 31.4 Å². The second-order valence-electron chi connectivity index (χ2n) is 7.35. The lowest BCUT2D eigenvalue weighted by Gasteiger charge is -2.12. The molecule has 1 heterocycles. The molecule has 0 fully saturated rings. The van der Waals surface area contributed by atoms with Gasteiger partial charge in [-0.1, -0.05) is 13.8 Å². The molecule has 0 unspecified atom stereocenters. The van der Waals surface area contributed by atoms with Gasteiger partial charge in [0.25, 0.3) is 5.91 Å². The summed E-state index contributed by atoms with van der Waals surface area (Å²) in [5.41, 5.74) is 3.20. The average molecular weight is 409 g/mol. The molecule has 0 aliphatic rings. The average Bonchev–Trinajstić information content (AvgIpc) is 2.97. The highest BCUT2D eigenvalue weighted by Crippen LogP contribution is 2.20. The zero-order chi connectivity index (χ0) is 22.3. The number of anilines is 1. The molecule has 0 radical (unpaired) electrons. The molecule has 2 rings (SSSR count). The molecule has 7 heteroatoms. The third-order valence-electron chi connectivity index (χ3n) is 4.51. The van der Waals surface area contributed by atoms with Gasteiger partial charge >= 0.3 is 5.97 Å². The van der Waals surface area contributed by atoms with Crippen LogP contribution in [0, 0.1) is 31.1 Å². The number of methoxy groups -OCH3 is 1. The molecule has 0 aliphatic carbocycles. The number of hydrogen-bond donors (Lipinski definition) is 1. The number of amides is 1. The second-order valence-corrected chi connectivity index (χ2v) is 7.35. The van der Waals surface area contributed by atoms with Crippen LogP contribution in [0.5, 0.6) is 5.75 Å². The number of carbonyl (C=O) groups excluding carboxylic acids is 2. The topological polar surface area (TPSA) is 93.3 Å². The van der Waals surface area contributed by atoms with Gasteiger partial charge in [0.05, 0.1) is 7.11 Å². The van der Waals surface area contributed by atoms with Crippen molar-refractivity contribution in [1.82, 2.24) is 4.57 Å². The summed E-state index contributed by atoms with van der Waals surface area (Å²) < 4.78 is 12.2. The molecule has 2 aromatic rings. The van der Waals surface area contributed by atoms with E-state index >= 15 is 0 Å². The van der Waals surface area contributed by atoms with Crippen molar-refractivity contribution in [2.45, 2.75) is 34.2 Å². The Kier molecular flexibility index (Phi) is 7.82. The van der Waals surface area contributed by atoms with E-state index < -0.39 is 18.5 Å². The van der Waals surface area contributed by atoms with E-state index in [1.165, 1.54) is 6.08 Å². The fraction of sp³-hybridized carbons (Fsp3) is 0.348. The minimum absolute atomic E-state index is 0.156. The van der Waals surface area contributed by atoms with Crippen LogP contribution in [0.15, 0.2) is 35.9 Å². The molecular formula is C23H27N3O4.